The smallest absolute Gasteiger partial charge is 0.150 e. The molecule has 2 aromatic rings. The van der Waals surface area contributed by atoms with Gasteiger partial charge in [-0.05, 0) is 42.0 Å². The third-order valence-electron chi connectivity index (χ3n) is 3.21. The maximum Gasteiger partial charge on any atom is 0.150 e. The van der Waals surface area contributed by atoms with Crippen LogP contribution in [0.2, 0.25) is 0 Å². The van der Waals surface area contributed by atoms with E-state index in [-0.39, 0.29) is 0 Å². The van der Waals surface area contributed by atoms with Crippen molar-refractivity contribution in [1.82, 2.24) is 9.78 Å². The zero-order chi connectivity index (χ0) is 11.7. The van der Waals surface area contributed by atoms with E-state index in [1.54, 1.807) is 6.20 Å². The summed E-state index contributed by atoms with van der Waals surface area (Å²) in [6.07, 6.45) is 7.16. The first-order valence-electron chi connectivity index (χ1n) is 5.92. The molecule has 1 aromatic carbocycles. The van der Waals surface area contributed by atoms with Gasteiger partial charge in [0.25, 0.3) is 0 Å². The van der Waals surface area contributed by atoms with Crippen molar-refractivity contribution in [2.75, 3.05) is 0 Å². The summed E-state index contributed by atoms with van der Waals surface area (Å²) in [5, 5.41) is 4.22. The fraction of sp³-hybridized carbons (Fsp3) is 0.286. The molecule has 86 valence electrons. The molecule has 0 radical (unpaired) electrons. The molecule has 0 atom stereocenters. The average molecular weight is 226 g/mol. The van der Waals surface area contributed by atoms with Gasteiger partial charge in [-0.15, -0.1) is 0 Å². The number of hydrogen-bond acceptors (Lipinski definition) is 2. The topological polar surface area (TPSA) is 34.9 Å². The summed E-state index contributed by atoms with van der Waals surface area (Å²) in [4.78, 5) is 10.8. The molecule has 0 unspecified atom stereocenters. The van der Waals surface area contributed by atoms with Crippen LogP contribution in [-0.4, -0.2) is 16.1 Å². The van der Waals surface area contributed by atoms with Crippen molar-refractivity contribution in [3.05, 3.63) is 53.3 Å². The van der Waals surface area contributed by atoms with Gasteiger partial charge in [0.15, 0.2) is 0 Å². The van der Waals surface area contributed by atoms with Crippen LogP contribution in [0, 0.1) is 0 Å². The summed E-state index contributed by atoms with van der Waals surface area (Å²) in [7, 11) is 0. The van der Waals surface area contributed by atoms with Gasteiger partial charge >= 0.3 is 0 Å². The predicted molar refractivity (Wildman–Crippen MR) is 65.1 cm³/mol. The van der Waals surface area contributed by atoms with Gasteiger partial charge in [-0.1, -0.05) is 12.1 Å². The molecule has 3 heteroatoms. The third kappa shape index (κ3) is 2.13. The lowest BCUT2D eigenvalue weighted by Crippen LogP contribution is -2.03. The summed E-state index contributed by atoms with van der Waals surface area (Å²) in [5.41, 5.74) is 3.38. The monoisotopic (exact) mass is 226 g/mol. The fourth-order valence-electron chi connectivity index (χ4n) is 2.17. The van der Waals surface area contributed by atoms with Crippen molar-refractivity contribution in [3.63, 3.8) is 0 Å². The second-order valence-electron chi connectivity index (χ2n) is 4.55. The zero-order valence-corrected chi connectivity index (χ0v) is 9.54. The maximum atomic E-state index is 10.8. The molecule has 0 amide bonds. The molecule has 0 saturated heterocycles. The van der Waals surface area contributed by atoms with E-state index in [0.29, 0.717) is 5.92 Å². The molecule has 3 nitrogen and oxygen atoms in total. The minimum atomic E-state index is 0.653. The van der Waals surface area contributed by atoms with E-state index < -0.39 is 0 Å². The molecule has 1 saturated carbocycles. The molecular formula is C14H14N2O. The number of benzene rings is 1. The van der Waals surface area contributed by atoms with Crippen LogP contribution >= 0.6 is 0 Å². The standard InChI is InChI=1S/C14H14N2O/c17-10-11-2-3-13(9-16-7-1-6-15-16)14(8-11)12-4-5-12/h1-3,6-8,10,12H,4-5,9H2. The van der Waals surface area contributed by atoms with Crippen molar-refractivity contribution in [2.45, 2.75) is 25.3 Å². The van der Waals surface area contributed by atoms with E-state index in [2.05, 4.69) is 11.2 Å². The van der Waals surface area contributed by atoms with Gasteiger partial charge in [0.1, 0.15) is 6.29 Å². The normalized spacial score (nSPS) is 14.8. The SMILES string of the molecule is O=Cc1ccc(Cn2cccn2)c(C2CC2)c1. The number of aldehydes is 1. The Morgan fingerprint density at radius 1 is 1.41 bits per heavy atom. The van der Waals surface area contributed by atoms with Crippen LogP contribution in [0.15, 0.2) is 36.7 Å². The lowest BCUT2D eigenvalue weighted by Gasteiger charge is -2.09. The Kier molecular flexibility index (Phi) is 2.52. The minimum absolute atomic E-state index is 0.653. The Balaban J connectivity index is 1.94. The van der Waals surface area contributed by atoms with Gasteiger partial charge in [-0.2, -0.15) is 5.10 Å². The molecule has 0 spiro atoms. The molecule has 0 N–H and O–H groups in total. The molecule has 17 heavy (non-hydrogen) atoms. The van der Waals surface area contributed by atoms with E-state index in [0.717, 1.165) is 18.4 Å². The molecule has 1 aromatic heterocycles. The minimum Gasteiger partial charge on any atom is -0.298 e. The number of hydrogen-bond donors (Lipinski definition) is 0. The van der Waals surface area contributed by atoms with Gasteiger partial charge < -0.3 is 0 Å². The van der Waals surface area contributed by atoms with E-state index in [4.69, 9.17) is 0 Å². The Labute approximate surface area is 100 Å². The maximum absolute atomic E-state index is 10.8. The van der Waals surface area contributed by atoms with Crippen molar-refractivity contribution in [2.24, 2.45) is 0 Å². The van der Waals surface area contributed by atoms with Crippen LogP contribution in [0.3, 0.4) is 0 Å². The van der Waals surface area contributed by atoms with Gasteiger partial charge in [-0.25, -0.2) is 0 Å². The Bertz CT molecular complexity index is 527. The lowest BCUT2D eigenvalue weighted by molar-refractivity contribution is 0.112. The Hall–Kier alpha value is -1.90. The summed E-state index contributed by atoms with van der Waals surface area (Å²) in [6.45, 7) is 0.790. The number of carbonyl (C=O) groups excluding carboxylic acids is 1. The van der Waals surface area contributed by atoms with Gasteiger partial charge in [0.2, 0.25) is 0 Å². The van der Waals surface area contributed by atoms with E-state index in [1.807, 2.05) is 29.1 Å². The number of nitrogens with zero attached hydrogens (tertiary/aromatic N) is 2. The molecule has 0 aliphatic heterocycles. The van der Waals surface area contributed by atoms with Crippen LogP contribution < -0.4 is 0 Å². The highest BCUT2D eigenvalue weighted by Crippen LogP contribution is 2.42. The van der Waals surface area contributed by atoms with E-state index >= 15 is 0 Å². The highest BCUT2D eigenvalue weighted by molar-refractivity contribution is 5.75. The first kappa shape index (κ1) is 10.3. The zero-order valence-electron chi connectivity index (χ0n) is 9.54. The second-order valence-corrected chi connectivity index (χ2v) is 4.55. The largest absolute Gasteiger partial charge is 0.298 e. The molecule has 3 rings (SSSR count). The van der Waals surface area contributed by atoms with Crippen LogP contribution in [0.4, 0.5) is 0 Å². The average Bonchev–Trinajstić information content (AvgIpc) is 3.08. The second kappa shape index (κ2) is 4.17. The van der Waals surface area contributed by atoms with Crippen molar-refractivity contribution in [1.29, 1.82) is 0 Å². The molecule has 1 heterocycles. The first-order valence-corrected chi connectivity index (χ1v) is 5.92. The summed E-state index contributed by atoms with van der Waals surface area (Å²) in [5.74, 6) is 0.653. The Morgan fingerprint density at radius 2 is 2.29 bits per heavy atom. The molecule has 1 fully saturated rings. The van der Waals surface area contributed by atoms with Crippen molar-refractivity contribution >= 4 is 6.29 Å². The van der Waals surface area contributed by atoms with Gasteiger partial charge in [0.05, 0.1) is 6.54 Å². The fourth-order valence-corrected chi connectivity index (χ4v) is 2.17. The number of rotatable bonds is 4. The van der Waals surface area contributed by atoms with Crippen LogP contribution in [-0.2, 0) is 6.54 Å². The number of aromatic nitrogens is 2. The molecule has 1 aliphatic rings. The molecule has 1 aliphatic carbocycles. The molecular weight excluding hydrogens is 212 g/mol. The van der Waals surface area contributed by atoms with Crippen LogP contribution in [0.25, 0.3) is 0 Å². The third-order valence-corrected chi connectivity index (χ3v) is 3.21. The lowest BCUT2D eigenvalue weighted by atomic mass is 10.0. The highest BCUT2D eigenvalue weighted by atomic mass is 16.1. The quantitative estimate of drug-likeness (QED) is 0.751. The van der Waals surface area contributed by atoms with Crippen molar-refractivity contribution < 1.29 is 4.79 Å². The highest BCUT2D eigenvalue weighted by Gasteiger charge is 2.26. The molecule has 0 bridgehead atoms. The van der Waals surface area contributed by atoms with E-state index in [9.17, 15) is 4.79 Å². The van der Waals surface area contributed by atoms with Gasteiger partial charge in [0, 0.05) is 18.0 Å². The van der Waals surface area contributed by atoms with Crippen molar-refractivity contribution in [3.8, 4) is 0 Å². The summed E-state index contributed by atoms with van der Waals surface area (Å²) in [6, 6.07) is 7.90. The van der Waals surface area contributed by atoms with Gasteiger partial charge in [-0.3, -0.25) is 9.48 Å². The summed E-state index contributed by atoms with van der Waals surface area (Å²) < 4.78 is 1.92. The number of carbonyl (C=O) groups is 1. The Morgan fingerprint density at radius 3 is 2.94 bits per heavy atom. The van der Waals surface area contributed by atoms with Crippen LogP contribution in [0.1, 0.15) is 40.2 Å². The summed E-state index contributed by atoms with van der Waals surface area (Å²) >= 11 is 0. The van der Waals surface area contributed by atoms with Crippen LogP contribution in [0.5, 0.6) is 0 Å². The predicted octanol–water partition coefficient (Wildman–Crippen LogP) is 2.62. The first-order chi connectivity index (χ1) is 8.36. The van der Waals surface area contributed by atoms with E-state index in [1.165, 1.54) is 24.0 Å².